The average molecular weight is 887 g/mol. The molecule has 0 radical (unpaired) electrons. The number of ether oxygens (including phenoxy) is 4. The Morgan fingerprint density at radius 2 is 1.02 bits per heavy atom. The van der Waals surface area contributed by atoms with Crippen LogP contribution in [0.15, 0.2) is 40.9 Å². The molecule has 0 aromatic heterocycles. The molecule has 2 aromatic rings. The lowest BCUT2D eigenvalue weighted by Gasteiger charge is -2.37. The molecule has 12 heteroatoms. The molecule has 6 rings (SSSR count). The first-order valence-corrected chi connectivity index (χ1v) is 22.8. The van der Waals surface area contributed by atoms with Gasteiger partial charge in [-0.3, -0.25) is 9.80 Å². The van der Waals surface area contributed by atoms with Gasteiger partial charge in [0, 0.05) is 103 Å². The molecule has 3 heterocycles. The summed E-state index contributed by atoms with van der Waals surface area (Å²) in [6.07, 6.45) is 9.47. The summed E-state index contributed by atoms with van der Waals surface area (Å²) in [5.74, 6) is 0. The second kappa shape index (κ2) is 23.4. The number of piperidine rings is 1. The van der Waals surface area contributed by atoms with Gasteiger partial charge in [0.25, 0.3) is 0 Å². The molecule has 0 bridgehead atoms. The molecule has 1 saturated carbocycles. The number of piperazine rings is 2. The number of amides is 2. The monoisotopic (exact) mass is 885 g/mol. The van der Waals surface area contributed by atoms with Gasteiger partial charge in [0.2, 0.25) is 0 Å². The molecule has 59 heavy (non-hydrogen) atoms. The third-order valence-electron chi connectivity index (χ3n) is 11.3. The first kappa shape index (κ1) is 48.8. The highest BCUT2D eigenvalue weighted by atomic mass is 79.9. The third-order valence-corrected chi connectivity index (χ3v) is 12.0. The van der Waals surface area contributed by atoms with Gasteiger partial charge in [-0.25, -0.2) is 9.59 Å². The molecule has 11 nitrogen and oxygen atoms in total. The second-order valence-electron chi connectivity index (χ2n) is 18.6. The summed E-state index contributed by atoms with van der Waals surface area (Å²) in [7, 11) is 3.63. The van der Waals surface area contributed by atoms with E-state index in [0.717, 1.165) is 95.9 Å². The van der Waals surface area contributed by atoms with Crippen LogP contribution in [0.4, 0.5) is 15.3 Å². The third kappa shape index (κ3) is 17.2. The number of hydrogen-bond donors (Lipinski definition) is 0. The fourth-order valence-corrected chi connectivity index (χ4v) is 8.45. The van der Waals surface area contributed by atoms with Crippen LogP contribution in [0.2, 0.25) is 0 Å². The van der Waals surface area contributed by atoms with Crippen molar-refractivity contribution in [2.45, 2.75) is 137 Å². The molecular formula is C47H76BrN5O6. The van der Waals surface area contributed by atoms with E-state index in [0.29, 0.717) is 12.2 Å². The van der Waals surface area contributed by atoms with E-state index in [2.05, 4.69) is 80.9 Å². The maximum atomic E-state index is 12.3. The summed E-state index contributed by atoms with van der Waals surface area (Å²) >= 11 is 3.63. The number of anilines is 1. The molecular weight excluding hydrogens is 810 g/mol. The summed E-state index contributed by atoms with van der Waals surface area (Å²) in [5.41, 5.74) is 5.70. The van der Waals surface area contributed by atoms with E-state index in [4.69, 9.17) is 18.9 Å². The van der Waals surface area contributed by atoms with Gasteiger partial charge >= 0.3 is 12.2 Å². The van der Waals surface area contributed by atoms with Crippen LogP contribution >= 0.6 is 15.9 Å². The van der Waals surface area contributed by atoms with Crippen molar-refractivity contribution >= 4 is 33.8 Å². The molecule has 3 aliphatic heterocycles. The zero-order chi connectivity index (χ0) is 43.2. The van der Waals surface area contributed by atoms with E-state index in [1.165, 1.54) is 60.0 Å². The van der Waals surface area contributed by atoms with Crippen molar-refractivity contribution in [3.8, 4) is 0 Å². The van der Waals surface area contributed by atoms with Gasteiger partial charge in [-0.1, -0.05) is 59.5 Å². The van der Waals surface area contributed by atoms with Crippen molar-refractivity contribution in [2.75, 3.05) is 84.6 Å². The number of rotatable bonds is 7. The smallest absolute Gasteiger partial charge is 0.410 e. The Morgan fingerprint density at radius 1 is 0.593 bits per heavy atom. The summed E-state index contributed by atoms with van der Waals surface area (Å²) in [4.78, 5) is 35.3. The molecule has 0 N–H and O–H groups in total. The number of carbonyl (C=O) groups is 2. The normalized spacial score (nSPS) is 19.0. The van der Waals surface area contributed by atoms with Crippen LogP contribution in [-0.2, 0) is 32.0 Å². The number of halogens is 1. The lowest BCUT2D eigenvalue weighted by molar-refractivity contribution is 0.0129. The number of aryl methyl sites for hydroxylation is 2. The second-order valence-corrected chi connectivity index (χ2v) is 19.5. The lowest BCUT2D eigenvalue weighted by Crippen LogP contribution is -2.49. The molecule has 2 aromatic carbocycles. The predicted molar refractivity (Wildman–Crippen MR) is 242 cm³/mol. The van der Waals surface area contributed by atoms with Gasteiger partial charge in [-0.05, 0) is 115 Å². The maximum Gasteiger partial charge on any atom is 0.410 e. The van der Waals surface area contributed by atoms with Crippen LogP contribution in [0.1, 0.15) is 109 Å². The zero-order valence-corrected chi connectivity index (χ0v) is 39.7. The minimum atomic E-state index is -0.443. The van der Waals surface area contributed by atoms with Crippen LogP contribution in [-0.4, -0.2) is 135 Å². The van der Waals surface area contributed by atoms with Crippen LogP contribution < -0.4 is 4.90 Å². The molecule has 0 spiro atoms. The van der Waals surface area contributed by atoms with Crippen molar-refractivity contribution in [1.29, 1.82) is 0 Å². The van der Waals surface area contributed by atoms with Gasteiger partial charge in [-0.15, -0.1) is 0 Å². The standard InChI is InChI=1S/C23H37N3O3.C17H25BrN2O2.C7H14O/c1-18-6-7-19(21(16-18)25-10-8-20(28-5)9-11-25)17-24-12-14-26(15-13-24)22(27)29-23(2,3)4;1-13-5-6-14(15(18)11-13)12-19-7-9-20(10-8-19)16(21)22-17(2,3)4;1-8-7-5-3-2-4-6-7/h6-7,16,20H,8-15,17H2,1-5H3;5-6,11H,7-10,12H2,1-4H3;7H,2-6H2,1H3. The largest absolute Gasteiger partial charge is 0.444 e. The number of methoxy groups -OCH3 is 2. The Morgan fingerprint density at radius 3 is 1.44 bits per heavy atom. The van der Waals surface area contributed by atoms with Crippen molar-refractivity contribution in [3.63, 3.8) is 0 Å². The first-order valence-electron chi connectivity index (χ1n) is 22.0. The van der Waals surface area contributed by atoms with Crippen LogP contribution in [0.5, 0.6) is 0 Å². The number of nitrogens with zero attached hydrogens (tertiary/aromatic N) is 5. The molecule has 1 aliphatic carbocycles. The van der Waals surface area contributed by atoms with Crippen molar-refractivity contribution in [2.24, 2.45) is 0 Å². The van der Waals surface area contributed by atoms with Crippen molar-refractivity contribution in [3.05, 3.63) is 63.1 Å². The molecule has 332 valence electrons. The quantitative estimate of drug-likeness (QED) is 0.270. The highest BCUT2D eigenvalue weighted by Crippen LogP contribution is 2.28. The Kier molecular flexibility index (Phi) is 19.3. The van der Waals surface area contributed by atoms with Gasteiger partial charge < -0.3 is 33.6 Å². The van der Waals surface area contributed by atoms with Crippen molar-refractivity contribution in [1.82, 2.24) is 19.6 Å². The Hall–Kier alpha value is -2.90. The number of hydrogen-bond acceptors (Lipinski definition) is 9. The van der Waals surface area contributed by atoms with E-state index in [1.807, 2.05) is 60.7 Å². The number of carbonyl (C=O) groups excluding carboxylic acids is 2. The SMILES string of the molecule is COC1CCCCC1.COC1CCN(c2cc(C)ccc2CN2CCN(C(=O)OC(C)(C)C)CC2)CC1.Cc1ccc(CN2CCN(C(=O)OC(C)(C)C)CC2)c(Br)c1. The van der Waals surface area contributed by atoms with Crippen molar-refractivity contribution < 1.29 is 28.5 Å². The van der Waals surface area contributed by atoms with Gasteiger partial charge in [0.1, 0.15) is 11.2 Å². The summed E-state index contributed by atoms with van der Waals surface area (Å²) in [6, 6.07) is 13.2. The Labute approximate surface area is 365 Å². The minimum absolute atomic E-state index is 0.200. The van der Waals surface area contributed by atoms with Crippen LogP contribution in [0, 0.1) is 13.8 Å². The maximum absolute atomic E-state index is 12.3. The summed E-state index contributed by atoms with van der Waals surface area (Å²) < 4.78 is 22.8. The summed E-state index contributed by atoms with van der Waals surface area (Å²) in [6.45, 7) is 26.0. The lowest BCUT2D eigenvalue weighted by atomic mass is 9.98. The van der Waals surface area contributed by atoms with Gasteiger partial charge in [-0.2, -0.15) is 0 Å². The Bertz CT molecular complexity index is 1580. The fraction of sp³-hybridized carbons (Fsp3) is 0.702. The topological polar surface area (TPSA) is 87.3 Å². The van der Waals surface area contributed by atoms with E-state index in [1.54, 1.807) is 4.90 Å². The van der Waals surface area contributed by atoms with Gasteiger partial charge in [0.15, 0.2) is 0 Å². The minimum Gasteiger partial charge on any atom is -0.444 e. The molecule has 4 aliphatic rings. The summed E-state index contributed by atoms with van der Waals surface area (Å²) in [5, 5.41) is 0. The predicted octanol–water partition coefficient (Wildman–Crippen LogP) is 9.44. The van der Waals surface area contributed by atoms with E-state index in [-0.39, 0.29) is 12.2 Å². The molecule has 2 amide bonds. The van der Waals surface area contributed by atoms with E-state index < -0.39 is 11.2 Å². The molecule has 3 saturated heterocycles. The van der Waals surface area contributed by atoms with E-state index >= 15 is 0 Å². The highest BCUT2D eigenvalue weighted by Gasteiger charge is 2.28. The van der Waals surface area contributed by atoms with Crippen LogP contribution in [0.25, 0.3) is 0 Å². The van der Waals surface area contributed by atoms with Crippen LogP contribution in [0.3, 0.4) is 0 Å². The number of benzene rings is 2. The first-order chi connectivity index (χ1) is 27.9. The highest BCUT2D eigenvalue weighted by molar-refractivity contribution is 9.10. The molecule has 0 unspecified atom stereocenters. The van der Waals surface area contributed by atoms with E-state index in [9.17, 15) is 9.59 Å². The fourth-order valence-electron chi connectivity index (χ4n) is 7.83. The molecule has 4 fully saturated rings. The zero-order valence-electron chi connectivity index (χ0n) is 38.1. The molecule has 0 atom stereocenters. The average Bonchev–Trinajstić information content (AvgIpc) is 3.20. The Balaban J connectivity index is 0.000000225. The van der Waals surface area contributed by atoms with Gasteiger partial charge in [0.05, 0.1) is 12.2 Å².